The van der Waals surface area contributed by atoms with Crippen molar-refractivity contribution in [1.82, 2.24) is 4.90 Å². The van der Waals surface area contributed by atoms with E-state index in [1.165, 1.54) is 42.8 Å². The van der Waals surface area contributed by atoms with Gasteiger partial charge in [-0.05, 0) is 17.7 Å². The number of carbonyl (C=O) groups is 4. The summed E-state index contributed by atoms with van der Waals surface area (Å²) in [6.45, 7) is 1.04. The van der Waals surface area contributed by atoms with Crippen LogP contribution in [0.15, 0.2) is 35.5 Å². The third kappa shape index (κ3) is 4.28. The Balaban J connectivity index is 1.76. The highest BCUT2D eigenvalue weighted by molar-refractivity contribution is 8.00. The van der Waals surface area contributed by atoms with Gasteiger partial charge < -0.3 is 19.3 Å². The maximum absolute atomic E-state index is 12.8. The maximum atomic E-state index is 12.8. The topological polar surface area (TPSA) is 119 Å². The van der Waals surface area contributed by atoms with Gasteiger partial charge in [0.2, 0.25) is 0 Å². The number of amides is 1. The molecular weight excluding hydrogens is 402 g/mol. The number of esters is 2. The average Bonchev–Trinajstić information content (AvgIpc) is 2.70. The molecule has 3 rings (SSSR count). The number of rotatable bonds is 7. The molecule has 0 aliphatic carbocycles. The first-order valence-corrected chi connectivity index (χ1v) is 9.70. The van der Waals surface area contributed by atoms with Crippen molar-refractivity contribution >= 4 is 35.6 Å². The van der Waals surface area contributed by atoms with Gasteiger partial charge in [0.15, 0.2) is 6.10 Å². The van der Waals surface area contributed by atoms with Crippen LogP contribution in [-0.2, 0) is 35.2 Å². The number of fused-ring (bicyclic) bond motifs is 1. The standard InChI is InChI=1S/C19H19NO8S/c1-10(21)27-8-13-9-29-17-15(26-2)16(22)20(17)14(13)19(25)28-7-11-3-5-12(6-4-11)18(23)24/h3-6,15,17H,7-9H2,1-2H3,(H,23,24). The van der Waals surface area contributed by atoms with Crippen LogP contribution < -0.4 is 0 Å². The Morgan fingerprint density at radius 1 is 1.17 bits per heavy atom. The van der Waals surface area contributed by atoms with Crippen LogP contribution in [0.4, 0.5) is 0 Å². The van der Waals surface area contributed by atoms with Crippen LogP contribution in [0.25, 0.3) is 0 Å². The summed E-state index contributed by atoms with van der Waals surface area (Å²) in [4.78, 5) is 48.5. The molecule has 2 atom stereocenters. The molecule has 1 fully saturated rings. The SMILES string of the molecule is COC1C(=O)N2C(C(=O)OCc3ccc(C(=O)O)cc3)=C(COC(C)=O)CSC12. The van der Waals surface area contributed by atoms with Gasteiger partial charge in [0, 0.05) is 25.4 Å². The molecule has 1 aromatic carbocycles. The third-order valence-electron chi connectivity index (χ3n) is 4.47. The number of ether oxygens (including phenoxy) is 3. The van der Waals surface area contributed by atoms with E-state index in [-0.39, 0.29) is 35.8 Å². The summed E-state index contributed by atoms with van der Waals surface area (Å²) in [5, 5.41) is 8.59. The number of hydrogen-bond acceptors (Lipinski definition) is 8. The second-order valence-electron chi connectivity index (χ2n) is 6.38. The molecule has 10 heteroatoms. The number of hydrogen-bond donors (Lipinski definition) is 1. The lowest BCUT2D eigenvalue weighted by atomic mass is 10.1. The van der Waals surface area contributed by atoms with Crippen LogP contribution in [0.2, 0.25) is 0 Å². The first kappa shape index (κ1) is 20.9. The Morgan fingerprint density at radius 2 is 1.86 bits per heavy atom. The van der Waals surface area contributed by atoms with Gasteiger partial charge in [0.05, 0.1) is 5.56 Å². The molecule has 2 unspecified atom stereocenters. The molecule has 2 aliphatic rings. The quantitative estimate of drug-likeness (QED) is 0.511. The zero-order chi connectivity index (χ0) is 21.1. The minimum absolute atomic E-state index is 0.0652. The molecule has 0 spiro atoms. The predicted molar refractivity (Wildman–Crippen MR) is 101 cm³/mol. The lowest BCUT2D eigenvalue weighted by Crippen LogP contribution is -2.65. The van der Waals surface area contributed by atoms with Crippen LogP contribution in [0.5, 0.6) is 0 Å². The highest BCUT2D eigenvalue weighted by Gasteiger charge is 2.54. The highest BCUT2D eigenvalue weighted by Crippen LogP contribution is 2.41. The number of carbonyl (C=O) groups excluding carboxylic acids is 3. The molecule has 1 amide bonds. The Bertz CT molecular complexity index is 879. The van der Waals surface area contributed by atoms with E-state index in [0.29, 0.717) is 16.9 Å². The second-order valence-corrected chi connectivity index (χ2v) is 7.48. The van der Waals surface area contributed by atoms with Crippen molar-refractivity contribution in [2.45, 2.75) is 25.0 Å². The van der Waals surface area contributed by atoms with Crippen molar-refractivity contribution in [1.29, 1.82) is 0 Å². The second kappa shape index (κ2) is 8.66. The van der Waals surface area contributed by atoms with E-state index < -0.39 is 24.0 Å². The van der Waals surface area contributed by atoms with E-state index >= 15 is 0 Å². The Kier molecular flexibility index (Phi) is 6.23. The molecule has 9 nitrogen and oxygen atoms in total. The largest absolute Gasteiger partial charge is 0.478 e. The van der Waals surface area contributed by atoms with Crippen molar-refractivity contribution in [2.24, 2.45) is 0 Å². The minimum Gasteiger partial charge on any atom is -0.478 e. The third-order valence-corrected chi connectivity index (χ3v) is 5.78. The Hall–Kier alpha value is -2.85. The Morgan fingerprint density at radius 3 is 2.45 bits per heavy atom. The van der Waals surface area contributed by atoms with Gasteiger partial charge in [-0.3, -0.25) is 14.5 Å². The van der Waals surface area contributed by atoms with E-state index in [0.717, 1.165) is 0 Å². The van der Waals surface area contributed by atoms with Gasteiger partial charge in [-0.1, -0.05) is 12.1 Å². The number of benzene rings is 1. The molecular formula is C19H19NO8S. The smallest absolute Gasteiger partial charge is 0.355 e. The van der Waals surface area contributed by atoms with Gasteiger partial charge in [-0.15, -0.1) is 11.8 Å². The van der Waals surface area contributed by atoms with Crippen LogP contribution in [-0.4, -0.2) is 64.8 Å². The van der Waals surface area contributed by atoms with Gasteiger partial charge in [0.1, 0.15) is 24.3 Å². The number of aromatic carboxylic acids is 1. The molecule has 1 aromatic rings. The van der Waals surface area contributed by atoms with Crippen LogP contribution in [0.1, 0.15) is 22.8 Å². The molecule has 0 aromatic heterocycles. The summed E-state index contributed by atoms with van der Waals surface area (Å²) in [5.41, 5.74) is 1.26. The van der Waals surface area contributed by atoms with E-state index in [2.05, 4.69) is 0 Å². The number of β-lactam (4-membered cyclic amide) rings is 1. The first-order chi connectivity index (χ1) is 13.8. The first-order valence-electron chi connectivity index (χ1n) is 8.65. The summed E-state index contributed by atoms with van der Waals surface area (Å²) >= 11 is 1.42. The van der Waals surface area contributed by atoms with Crippen molar-refractivity contribution in [3.8, 4) is 0 Å². The van der Waals surface area contributed by atoms with Gasteiger partial charge >= 0.3 is 17.9 Å². The average molecular weight is 421 g/mol. The summed E-state index contributed by atoms with van der Waals surface area (Å²) in [5.74, 6) is -2.24. The number of nitrogens with zero attached hydrogens (tertiary/aromatic N) is 1. The summed E-state index contributed by atoms with van der Waals surface area (Å²) in [6, 6.07) is 5.90. The fourth-order valence-electron chi connectivity index (χ4n) is 2.98. The van der Waals surface area contributed by atoms with Crippen LogP contribution in [0, 0.1) is 0 Å². The minimum atomic E-state index is -1.05. The molecule has 0 radical (unpaired) electrons. The van der Waals surface area contributed by atoms with Gasteiger partial charge in [0.25, 0.3) is 5.91 Å². The Labute approximate surface area is 170 Å². The molecule has 154 valence electrons. The van der Waals surface area contributed by atoms with Crippen molar-refractivity contribution in [3.63, 3.8) is 0 Å². The number of methoxy groups -OCH3 is 1. The zero-order valence-corrected chi connectivity index (χ0v) is 16.6. The summed E-state index contributed by atoms with van der Waals surface area (Å²) in [6.07, 6.45) is -0.637. The number of carboxylic acid groups (broad SMARTS) is 1. The molecule has 2 aliphatic heterocycles. The van der Waals surface area contributed by atoms with E-state index in [1.807, 2.05) is 0 Å². The van der Waals surface area contributed by atoms with Gasteiger partial charge in [-0.25, -0.2) is 9.59 Å². The molecule has 2 heterocycles. The van der Waals surface area contributed by atoms with Crippen LogP contribution in [0.3, 0.4) is 0 Å². The van der Waals surface area contributed by atoms with Crippen molar-refractivity contribution in [3.05, 3.63) is 46.7 Å². The van der Waals surface area contributed by atoms with Gasteiger partial charge in [-0.2, -0.15) is 0 Å². The number of thioether (sulfide) groups is 1. The van der Waals surface area contributed by atoms with Crippen LogP contribution >= 0.6 is 11.8 Å². The van der Waals surface area contributed by atoms with Crippen molar-refractivity contribution in [2.75, 3.05) is 19.5 Å². The van der Waals surface area contributed by atoms with E-state index in [4.69, 9.17) is 19.3 Å². The molecule has 0 bridgehead atoms. The lowest BCUT2D eigenvalue weighted by molar-refractivity contribution is -0.163. The summed E-state index contributed by atoms with van der Waals surface area (Å²) < 4.78 is 15.5. The van der Waals surface area contributed by atoms with E-state index in [9.17, 15) is 19.2 Å². The normalized spacial score (nSPS) is 20.6. The number of carboxylic acids is 1. The fraction of sp³-hybridized carbons (Fsp3) is 0.368. The predicted octanol–water partition coefficient (Wildman–Crippen LogP) is 1.18. The maximum Gasteiger partial charge on any atom is 0.355 e. The fourth-order valence-corrected chi connectivity index (χ4v) is 4.33. The molecule has 0 saturated carbocycles. The molecule has 29 heavy (non-hydrogen) atoms. The lowest BCUT2D eigenvalue weighted by Gasteiger charge is -2.48. The zero-order valence-electron chi connectivity index (χ0n) is 15.7. The van der Waals surface area contributed by atoms with E-state index in [1.54, 1.807) is 12.1 Å². The monoisotopic (exact) mass is 421 g/mol. The summed E-state index contributed by atoms with van der Waals surface area (Å²) in [7, 11) is 1.43. The molecule has 1 saturated heterocycles. The molecule has 1 N–H and O–H groups in total. The van der Waals surface area contributed by atoms with Crippen molar-refractivity contribution < 1.29 is 38.5 Å². The highest BCUT2D eigenvalue weighted by atomic mass is 32.2.